The van der Waals surface area contributed by atoms with E-state index in [0.29, 0.717) is 11.4 Å². The smallest absolute Gasteiger partial charge is 0.267 e. The lowest BCUT2D eigenvalue weighted by Gasteiger charge is -2.12. The maximum atomic E-state index is 14.3. The minimum absolute atomic E-state index is 0.0889. The van der Waals surface area contributed by atoms with Crippen LogP contribution in [0.15, 0.2) is 65.6 Å². The van der Waals surface area contributed by atoms with E-state index in [-0.39, 0.29) is 40.5 Å². The number of pyridine rings is 1. The molecule has 0 saturated heterocycles. The van der Waals surface area contributed by atoms with Gasteiger partial charge in [0.1, 0.15) is 41.3 Å². The normalized spacial score (nSPS) is 11.3. The van der Waals surface area contributed by atoms with Crippen LogP contribution in [-0.2, 0) is 6.61 Å². The summed E-state index contributed by atoms with van der Waals surface area (Å²) in [6.45, 7) is 3.07. The Labute approximate surface area is 202 Å². The van der Waals surface area contributed by atoms with Crippen molar-refractivity contribution in [3.63, 3.8) is 0 Å². The standard InChI is InChI=1S/C26H18F4N4O2/c1-14-10-21(32-34(14)22-12-18(28)7-8-19(22)29)24-15(2)31-25-23(4-3-9-33(25)26(24)35)36-13-16-5-6-17(27)11-20(16)30/h3-12H,13H2,1-2H3. The van der Waals surface area contributed by atoms with E-state index in [9.17, 15) is 22.4 Å². The van der Waals surface area contributed by atoms with E-state index < -0.39 is 28.8 Å². The molecule has 5 aromatic rings. The first kappa shape index (κ1) is 23.3. The van der Waals surface area contributed by atoms with E-state index in [2.05, 4.69) is 10.1 Å². The van der Waals surface area contributed by atoms with Crippen LogP contribution in [0.4, 0.5) is 17.6 Å². The molecular weight excluding hydrogens is 476 g/mol. The molecule has 3 aromatic heterocycles. The first-order chi connectivity index (χ1) is 17.2. The molecule has 10 heteroatoms. The van der Waals surface area contributed by atoms with Gasteiger partial charge in [-0.1, -0.05) is 0 Å². The second kappa shape index (κ2) is 8.95. The molecule has 0 fully saturated rings. The van der Waals surface area contributed by atoms with Gasteiger partial charge in [0.2, 0.25) is 0 Å². The molecule has 0 unspecified atom stereocenters. The minimum Gasteiger partial charge on any atom is -0.485 e. The molecule has 0 amide bonds. The molecule has 0 saturated carbocycles. The van der Waals surface area contributed by atoms with Crippen LogP contribution in [0.1, 0.15) is 17.0 Å². The number of aromatic nitrogens is 4. The van der Waals surface area contributed by atoms with Gasteiger partial charge in [0.25, 0.3) is 5.56 Å². The van der Waals surface area contributed by atoms with E-state index in [4.69, 9.17) is 4.74 Å². The van der Waals surface area contributed by atoms with Crippen molar-refractivity contribution >= 4 is 5.65 Å². The molecule has 0 radical (unpaired) electrons. The molecule has 5 rings (SSSR count). The lowest BCUT2D eigenvalue weighted by atomic mass is 10.1. The van der Waals surface area contributed by atoms with Crippen LogP contribution in [0.2, 0.25) is 0 Å². The quantitative estimate of drug-likeness (QED) is 0.311. The summed E-state index contributed by atoms with van der Waals surface area (Å²) < 4.78 is 63.4. The summed E-state index contributed by atoms with van der Waals surface area (Å²) in [7, 11) is 0. The van der Waals surface area contributed by atoms with Gasteiger partial charge in [-0.25, -0.2) is 27.2 Å². The van der Waals surface area contributed by atoms with Crippen LogP contribution in [0, 0.1) is 37.1 Å². The highest BCUT2D eigenvalue weighted by Crippen LogP contribution is 2.25. The Hall–Kier alpha value is -4.47. The molecule has 0 aliphatic rings. The van der Waals surface area contributed by atoms with Crippen LogP contribution in [-0.4, -0.2) is 19.2 Å². The third-order valence-corrected chi connectivity index (χ3v) is 5.68. The maximum absolute atomic E-state index is 14.3. The first-order valence-electron chi connectivity index (χ1n) is 10.8. The number of ether oxygens (including phenoxy) is 1. The third kappa shape index (κ3) is 4.10. The molecule has 36 heavy (non-hydrogen) atoms. The highest BCUT2D eigenvalue weighted by molar-refractivity contribution is 5.65. The van der Waals surface area contributed by atoms with Crippen molar-refractivity contribution in [2.24, 2.45) is 0 Å². The molecule has 2 aromatic carbocycles. The summed E-state index contributed by atoms with van der Waals surface area (Å²) in [4.78, 5) is 17.9. The van der Waals surface area contributed by atoms with Crippen molar-refractivity contribution in [1.82, 2.24) is 19.2 Å². The molecular formula is C26H18F4N4O2. The van der Waals surface area contributed by atoms with E-state index in [1.165, 1.54) is 21.3 Å². The summed E-state index contributed by atoms with van der Waals surface area (Å²) in [6, 6.07) is 10.9. The van der Waals surface area contributed by atoms with Gasteiger partial charge >= 0.3 is 0 Å². The van der Waals surface area contributed by atoms with Crippen LogP contribution < -0.4 is 10.3 Å². The highest BCUT2D eigenvalue weighted by atomic mass is 19.1. The molecule has 3 heterocycles. The molecule has 0 spiro atoms. The van der Waals surface area contributed by atoms with Crippen LogP contribution in [0.5, 0.6) is 5.75 Å². The van der Waals surface area contributed by atoms with Gasteiger partial charge in [0.15, 0.2) is 11.4 Å². The molecule has 182 valence electrons. The highest BCUT2D eigenvalue weighted by Gasteiger charge is 2.20. The number of benzene rings is 2. The van der Waals surface area contributed by atoms with Crippen molar-refractivity contribution in [1.29, 1.82) is 0 Å². The molecule has 0 aliphatic heterocycles. The minimum atomic E-state index is -0.750. The number of halogens is 4. The van der Waals surface area contributed by atoms with E-state index in [0.717, 1.165) is 30.3 Å². The molecule has 0 bridgehead atoms. The summed E-state index contributed by atoms with van der Waals surface area (Å²) in [5.41, 5.74) is 1.01. The zero-order valence-electron chi connectivity index (χ0n) is 19.1. The van der Waals surface area contributed by atoms with E-state index >= 15 is 0 Å². The number of fused-ring (bicyclic) bond motifs is 1. The van der Waals surface area contributed by atoms with Crippen molar-refractivity contribution in [2.45, 2.75) is 20.5 Å². The third-order valence-electron chi connectivity index (χ3n) is 5.68. The molecule has 6 nitrogen and oxygen atoms in total. The van der Waals surface area contributed by atoms with Gasteiger partial charge in [0.05, 0.1) is 11.3 Å². The van der Waals surface area contributed by atoms with Crippen LogP contribution >= 0.6 is 0 Å². The summed E-state index contributed by atoms with van der Waals surface area (Å²) in [5, 5.41) is 4.35. The number of aryl methyl sites for hydroxylation is 2. The predicted octanol–water partition coefficient (Wildman–Crippen LogP) is 5.30. The number of nitrogens with zero attached hydrogens (tertiary/aromatic N) is 4. The van der Waals surface area contributed by atoms with E-state index in [1.807, 2.05) is 0 Å². The lowest BCUT2D eigenvalue weighted by molar-refractivity contribution is 0.301. The topological polar surface area (TPSA) is 61.4 Å². The summed E-state index contributed by atoms with van der Waals surface area (Å²) >= 11 is 0. The molecule has 0 N–H and O–H groups in total. The zero-order valence-corrected chi connectivity index (χ0v) is 19.1. The number of hydrogen-bond donors (Lipinski definition) is 0. The van der Waals surface area contributed by atoms with Gasteiger partial charge < -0.3 is 4.74 Å². The zero-order chi connectivity index (χ0) is 25.6. The Morgan fingerprint density at radius 1 is 0.917 bits per heavy atom. The average molecular weight is 494 g/mol. The molecule has 0 atom stereocenters. The largest absolute Gasteiger partial charge is 0.485 e. The first-order valence-corrected chi connectivity index (χ1v) is 10.8. The Balaban J connectivity index is 1.56. The van der Waals surface area contributed by atoms with Crippen molar-refractivity contribution in [3.05, 3.63) is 111 Å². The number of rotatable bonds is 5. The average Bonchev–Trinajstić information content (AvgIpc) is 3.21. The monoisotopic (exact) mass is 494 g/mol. The summed E-state index contributed by atoms with van der Waals surface area (Å²) in [6.07, 6.45) is 1.50. The van der Waals surface area contributed by atoms with Gasteiger partial charge in [-0.05, 0) is 56.3 Å². The van der Waals surface area contributed by atoms with Crippen LogP contribution in [0.3, 0.4) is 0 Å². The maximum Gasteiger partial charge on any atom is 0.267 e. The molecule has 0 aliphatic carbocycles. The van der Waals surface area contributed by atoms with E-state index in [1.54, 1.807) is 32.0 Å². The fraction of sp³-hybridized carbons (Fsp3) is 0.115. The predicted molar refractivity (Wildman–Crippen MR) is 124 cm³/mol. The van der Waals surface area contributed by atoms with Gasteiger partial charge in [0, 0.05) is 29.6 Å². The fourth-order valence-corrected chi connectivity index (χ4v) is 3.93. The SMILES string of the molecule is Cc1nc2c(OCc3ccc(F)cc3F)cccn2c(=O)c1-c1cc(C)n(-c2cc(F)ccc2F)n1. The second-order valence-corrected chi connectivity index (χ2v) is 8.15. The second-order valence-electron chi connectivity index (χ2n) is 8.15. The van der Waals surface area contributed by atoms with Gasteiger partial charge in [-0.2, -0.15) is 5.10 Å². The lowest BCUT2D eigenvalue weighted by Crippen LogP contribution is -2.19. The van der Waals surface area contributed by atoms with Gasteiger partial charge in [-0.3, -0.25) is 9.20 Å². The van der Waals surface area contributed by atoms with Crippen molar-refractivity contribution < 1.29 is 22.3 Å². The number of hydrogen-bond acceptors (Lipinski definition) is 4. The Bertz CT molecular complexity index is 1690. The Morgan fingerprint density at radius 3 is 2.44 bits per heavy atom. The summed E-state index contributed by atoms with van der Waals surface area (Å²) in [5.74, 6) is -2.52. The fourth-order valence-electron chi connectivity index (χ4n) is 3.93. The van der Waals surface area contributed by atoms with Crippen molar-refractivity contribution in [2.75, 3.05) is 0 Å². The Morgan fingerprint density at radius 2 is 1.67 bits per heavy atom. The Kier molecular flexibility index (Phi) is 5.79. The van der Waals surface area contributed by atoms with Crippen LogP contribution in [0.25, 0.3) is 22.6 Å². The van der Waals surface area contributed by atoms with Crippen molar-refractivity contribution in [3.8, 4) is 22.7 Å². The van der Waals surface area contributed by atoms with Gasteiger partial charge in [-0.15, -0.1) is 0 Å².